The first-order chi connectivity index (χ1) is 8.91. The van der Waals surface area contributed by atoms with Gasteiger partial charge in [-0.2, -0.15) is 0 Å². The van der Waals surface area contributed by atoms with Gasteiger partial charge >= 0.3 is 0 Å². The van der Waals surface area contributed by atoms with Crippen molar-refractivity contribution >= 4 is 0 Å². The Kier molecular flexibility index (Phi) is 4.35. The third-order valence-electron chi connectivity index (χ3n) is 5.03. The molecule has 0 spiro atoms. The standard InChI is InChI=1S/C18H29N/c1-13(2)16-9-6-10-18(19,11-16)12-17-14(3)7-5-8-15(17)4/h5,7-8,13,16H,6,9-12,19H2,1-4H3. The first kappa shape index (κ1) is 14.6. The van der Waals surface area contributed by atoms with Gasteiger partial charge in [-0.15, -0.1) is 0 Å². The average Bonchev–Trinajstić information content (AvgIpc) is 2.34. The van der Waals surface area contributed by atoms with Crippen LogP contribution in [-0.4, -0.2) is 5.54 Å². The summed E-state index contributed by atoms with van der Waals surface area (Å²) < 4.78 is 0. The maximum absolute atomic E-state index is 6.76. The lowest BCUT2D eigenvalue weighted by Crippen LogP contribution is -2.47. The predicted octanol–water partition coefficient (Wildman–Crippen LogP) is 4.39. The summed E-state index contributed by atoms with van der Waals surface area (Å²) in [6.45, 7) is 9.12. The molecule has 2 N–H and O–H groups in total. The van der Waals surface area contributed by atoms with Gasteiger partial charge in [-0.3, -0.25) is 0 Å². The van der Waals surface area contributed by atoms with Crippen LogP contribution < -0.4 is 5.73 Å². The molecule has 0 radical (unpaired) electrons. The maximum Gasteiger partial charge on any atom is 0.0198 e. The van der Waals surface area contributed by atoms with Crippen molar-refractivity contribution in [2.75, 3.05) is 0 Å². The second kappa shape index (κ2) is 5.66. The van der Waals surface area contributed by atoms with Gasteiger partial charge in [0.05, 0.1) is 0 Å². The van der Waals surface area contributed by atoms with Crippen LogP contribution >= 0.6 is 0 Å². The van der Waals surface area contributed by atoms with Crippen molar-refractivity contribution in [1.29, 1.82) is 0 Å². The van der Waals surface area contributed by atoms with Gasteiger partial charge in [0.1, 0.15) is 0 Å². The molecule has 0 amide bonds. The summed E-state index contributed by atoms with van der Waals surface area (Å²) in [6.07, 6.45) is 6.09. The van der Waals surface area contributed by atoms with Crippen LogP contribution in [0.2, 0.25) is 0 Å². The number of hydrogen-bond donors (Lipinski definition) is 1. The molecule has 0 saturated heterocycles. The third-order valence-corrected chi connectivity index (χ3v) is 5.03. The highest BCUT2D eigenvalue weighted by atomic mass is 14.7. The zero-order valence-corrected chi connectivity index (χ0v) is 13.0. The number of benzene rings is 1. The van der Waals surface area contributed by atoms with Gasteiger partial charge in [0.25, 0.3) is 0 Å². The van der Waals surface area contributed by atoms with Crippen LogP contribution in [0.5, 0.6) is 0 Å². The van der Waals surface area contributed by atoms with Gasteiger partial charge in [0.2, 0.25) is 0 Å². The molecular weight excluding hydrogens is 230 g/mol. The molecule has 1 fully saturated rings. The van der Waals surface area contributed by atoms with Gasteiger partial charge in [-0.25, -0.2) is 0 Å². The monoisotopic (exact) mass is 259 g/mol. The molecule has 1 heteroatoms. The first-order valence-corrected chi connectivity index (χ1v) is 7.75. The summed E-state index contributed by atoms with van der Waals surface area (Å²) in [7, 11) is 0. The molecule has 1 aromatic rings. The Morgan fingerprint density at radius 1 is 1.26 bits per heavy atom. The quantitative estimate of drug-likeness (QED) is 0.856. The smallest absolute Gasteiger partial charge is 0.0198 e. The molecule has 106 valence electrons. The molecule has 0 bridgehead atoms. The molecule has 1 saturated carbocycles. The molecule has 1 nitrogen and oxygen atoms in total. The lowest BCUT2D eigenvalue weighted by Gasteiger charge is -2.40. The van der Waals surface area contributed by atoms with Crippen molar-refractivity contribution in [2.45, 2.75) is 65.3 Å². The normalized spacial score (nSPS) is 27.8. The molecule has 19 heavy (non-hydrogen) atoms. The van der Waals surface area contributed by atoms with E-state index in [0.717, 1.165) is 18.3 Å². The minimum absolute atomic E-state index is 0.0179. The Balaban J connectivity index is 2.17. The van der Waals surface area contributed by atoms with Crippen molar-refractivity contribution in [3.05, 3.63) is 34.9 Å². The molecule has 1 aliphatic rings. The lowest BCUT2D eigenvalue weighted by molar-refractivity contribution is 0.182. The largest absolute Gasteiger partial charge is 0.325 e. The van der Waals surface area contributed by atoms with Crippen LogP contribution in [0.1, 0.15) is 56.2 Å². The van der Waals surface area contributed by atoms with E-state index in [4.69, 9.17) is 5.73 Å². The fourth-order valence-corrected chi connectivity index (χ4v) is 3.65. The van der Waals surface area contributed by atoms with E-state index in [1.54, 1.807) is 0 Å². The average molecular weight is 259 g/mol. The molecule has 0 aromatic heterocycles. The Hall–Kier alpha value is -0.820. The highest BCUT2D eigenvalue weighted by Crippen LogP contribution is 2.37. The summed E-state index contributed by atoms with van der Waals surface area (Å²) in [5.74, 6) is 1.57. The molecular formula is C18H29N. The first-order valence-electron chi connectivity index (χ1n) is 7.75. The Bertz CT molecular complexity index is 415. The van der Waals surface area contributed by atoms with Gasteiger partial charge in [0, 0.05) is 5.54 Å². The zero-order chi connectivity index (χ0) is 14.0. The molecule has 0 heterocycles. The molecule has 2 atom stereocenters. The van der Waals surface area contributed by atoms with E-state index < -0.39 is 0 Å². The van der Waals surface area contributed by atoms with Gasteiger partial charge in [-0.05, 0) is 61.6 Å². The van der Waals surface area contributed by atoms with E-state index in [2.05, 4.69) is 45.9 Å². The highest BCUT2D eigenvalue weighted by molar-refractivity contribution is 5.35. The zero-order valence-electron chi connectivity index (χ0n) is 13.0. The Morgan fingerprint density at radius 3 is 2.47 bits per heavy atom. The van der Waals surface area contributed by atoms with Crippen LogP contribution in [0.4, 0.5) is 0 Å². The number of nitrogens with two attached hydrogens (primary N) is 1. The summed E-state index contributed by atoms with van der Waals surface area (Å²) in [5.41, 5.74) is 11.1. The van der Waals surface area contributed by atoms with Gasteiger partial charge in [-0.1, -0.05) is 44.9 Å². The van der Waals surface area contributed by atoms with E-state index in [1.165, 1.54) is 42.4 Å². The molecule has 2 rings (SSSR count). The summed E-state index contributed by atoms with van der Waals surface area (Å²) >= 11 is 0. The maximum atomic E-state index is 6.76. The fourth-order valence-electron chi connectivity index (χ4n) is 3.65. The SMILES string of the molecule is Cc1cccc(C)c1CC1(N)CCCC(C(C)C)C1. The van der Waals surface area contributed by atoms with E-state index >= 15 is 0 Å². The summed E-state index contributed by atoms with van der Waals surface area (Å²) in [6, 6.07) is 6.58. The van der Waals surface area contributed by atoms with E-state index in [1.807, 2.05) is 0 Å². The molecule has 1 aliphatic carbocycles. The van der Waals surface area contributed by atoms with Crippen molar-refractivity contribution in [3.8, 4) is 0 Å². The third kappa shape index (κ3) is 3.39. The van der Waals surface area contributed by atoms with Crippen LogP contribution in [0.25, 0.3) is 0 Å². The highest BCUT2D eigenvalue weighted by Gasteiger charge is 2.34. The lowest BCUT2D eigenvalue weighted by atomic mass is 9.69. The van der Waals surface area contributed by atoms with E-state index in [-0.39, 0.29) is 5.54 Å². The van der Waals surface area contributed by atoms with Crippen LogP contribution in [0.15, 0.2) is 18.2 Å². The Labute approximate surface area is 118 Å². The van der Waals surface area contributed by atoms with Crippen LogP contribution in [-0.2, 0) is 6.42 Å². The van der Waals surface area contributed by atoms with Gasteiger partial charge in [0.15, 0.2) is 0 Å². The predicted molar refractivity (Wildman–Crippen MR) is 83.3 cm³/mol. The number of hydrogen-bond acceptors (Lipinski definition) is 1. The van der Waals surface area contributed by atoms with Gasteiger partial charge < -0.3 is 5.73 Å². The molecule has 0 aliphatic heterocycles. The minimum Gasteiger partial charge on any atom is -0.325 e. The van der Waals surface area contributed by atoms with Crippen LogP contribution in [0, 0.1) is 25.7 Å². The second-order valence-electron chi connectivity index (χ2n) is 7.01. The number of aryl methyl sites for hydroxylation is 2. The minimum atomic E-state index is 0.0179. The van der Waals surface area contributed by atoms with Crippen molar-refractivity contribution in [3.63, 3.8) is 0 Å². The topological polar surface area (TPSA) is 26.0 Å². The molecule has 2 unspecified atom stereocenters. The summed E-state index contributed by atoms with van der Waals surface area (Å²) in [5, 5.41) is 0. The second-order valence-corrected chi connectivity index (χ2v) is 7.01. The van der Waals surface area contributed by atoms with E-state index in [9.17, 15) is 0 Å². The van der Waals surface area contributed by atoms with Crippen molar-refractivity contribution in [2.24, 2.45) is 17.6 Å². The Morgan fingerprint density at radius 2 is 1.89 bits per heavy atom. The van der Waals surface area contributed by atoms with Crippen molar-refractivity contribution < 1.29 is 0 Å². The van der Waals surface area contributed by atoms with E-state index in [0.29, 0.717) is 0 Å². The van der Waals surface area contributed by atoms with Crippen LogP contribution in [0.3, 0.4) is 0 Å². The molecule has 1 aromatic carbocycles. The summed E-state index contributed by atoms with van der Waals surface area (Å²) in [4.78, 5) is 0. The number of rotatable bonds is 3. The fraction of sp³-hybridized carbons (Fsp3) is 0.667. The van der Waals surface area contributed by atoms with Crippen molar-refractivity contribution in [1.82, 2.24) is 0 Å².